The minimum atomic E-state index is -0.390. The van der Waals surface area contributed by atoms with E-state index in [9.17, 15) is 4.79 Å². The lowest BCUT2D eigenvalue weighted by atomic mass is 10.1. The molecule has 0 amide bonds. The third-order valence-electron chi connectivity index (χ3n) is 3.03. The van der Waals surface area contributed by atoms with Gasteiger partial charge in [-0.1, -0.05) is 28.1 Å². The molecule has 2 aromatic carbocycles. The van der Waals surface area contributed by atoms with E-state index < -0.39 is 5.97 Å². The zero-order valence-electron chi connectivity index (χ0n) is 11.9. The first-order valence-corrected chi connectivity index (χ1v) is 7.41. The summed E-state index contributed by atoms with van der Waals surface area (Å²) in [7, 11) is 0. The molecule has 2 aromatic rings. The van der Waals surface area contributed by atoms with Crippen molar-refractivity contribution in [3.05, 3.63) is 52.0 Å². The lowest BCUT2D eigenvalue weighted by Gasteiger charge is -2.14. The van der Waals surface area contributed by atoms with Crippen LogP contribution in [0.1, 0.15) is 22.8 Å². The SMILES string of the molecule is CCOC(=O)c1cccc(N)c1Nc1ccc(C)c(Br)c1. The Kier molecular flexibility index (Phi) is 4.85. The zero-order valence-corrected chi connectivity index (χ0v) is 13.5. The number of carbonyl (C=O) groups is 1. The van der Waals surface area contributed by atoms with Crippen molar-refractivity contribution < 1.29 is 9.53 Å². The van der Waals surface area contributed by atoms with Gasteiger partial charge in [0.05, 0.1) is 23.5 Å². The molecule has 0 bridgehead atoms. The fourth-order valence-electron chi connectivity index (χ4n) is 1.90. The predicted molar refractivity (Wildman–Crippen MR) is 89.0 cm³/mol. The Balaban J connectivity index is 2.38. The van der Waals surface area contributed by atoms with Crippen molar-refractivity contribution in [1.29, 1.82) is 0 Å². The highest BCUT2D eigenvalue weighted by Crippen LogP contribution is 2.30. The van der Waals surface area contributed by atoms with Crippen molar-refractivity contribution in [1.82, 2.24) is 0 Å². The second-order valence-electron chi connectivity index (χ2n) is 4.58. The van der Waals surface area contributed by atoms with Gasteiger partial charge in [0.2, 0.25) is 0 Å². The van der Waals surface area contributed by atoms with E-state index in [0.29, 0.717) is 23.5 Å². The van der Waals surface area contributed by atoms with Crippen molar-refractivity contribution in [2.24, 2.45) is 0 Å². The summed E-state index contributed by atoms with van der Waals surface area (Å²) in [5.41, 5.74) is 9.45. The second-order valence-corrected chi connectivity index (χ2v) is 5.43. The number of ether oxygens (including phenoxy) is 1. The maximum Gasteiger partial charge on any atom is 0.340 e. The molecule has 0 radical (unpaired) electrons. The van der Waals surface area contributed by atoms with E-state index >= 15 is 0 Å². The van der Waals surface area contributed by atoms with Crippen molar-refractivity contribution in [2.45, 2.75) is 13.8 Å². The van der Waals surface area contributed by atoms with Crippen LogP contribution in [0.3, 0.4) is 0 Å². The average molecular weight is 349 g/mol. The number of nitrogens with two attached hydrogens (primary N) is 1. The van der Waals surface area contributed by atoms with Crippen molar-refractivity contribution >= 4 is 39.0 Å². The minimum absolute atomic E-state index is 0.323. The topological polar surface area (TPSA) is 64.3 Å². The van der Waals surface area contributed by atoms with E-state index in [1.165, 1.54) is 0 Å². The Morgan fingerprint density at radius 2 is 2.10 bits per heavy atom. The molecule has 0 fully saturated rings. The molecule has 0 aromatic heterocycles. The molecular weight excluding hydrogens is 332 g/mol. The number of aryl methyl sites for hydroxylation is 1. The number of nitrogens with one attached hydrogen (secondary N) is 1. The summed E-state index contributed by atoms with van der Waals surface area (Å²) in [6.07, 6.45) is 0. The number of hydrogen-bond donors (Lipinski definition) is 2. The van der Waals surface area contributed by atoms with Crippen molar-refractivity contribution in [3.8, 4) is 0 Å². The number of esters is 1. The Labute approximate surface area is 132 Å². The summed E-state index contributed by atoms with van der Waals surface area (Å²) in [6, 6.07) is 11.0. The van der Waals surface area contributed by atoms with Crippen LogP contribution in [0.4, 0.5) is 17.1 Å². The lowest BCUT2D eigenvalue weighted by molar-refractivity contribution is 0.0527. The van der Waals surface area contributed by atoms with Gasteiger partial charge >= 0.3 is 5.97 Å². The first-order chi connectivity index (χ1) is 10.0. The number of nitrogen functional groups attached to an aromatic ring is 1. The van der Waals surface area contributed by atoms with Crippen LogP contribution >= 0.6 is 15.9 Å². The van der Waals surface area contributed by atoms with Crippen molar-refractivity contribution in [3.63, 3.8) is 0 Å². The fraction of sp³-hybridized carbons (Fsp3) is 0.188. The van der Waals surface area contributed by atoms with Gasteiger partial charge in [-0.15, -0.1) is 0 Å². The molecule has 21 heavy (non-hydrogen) atoms. The highest BCUT2D eigenvalue weighted by atomic mass is 79.9. The van der Waals surface area contributed by atoms with E-state index in [1.54, 1.807) is 25.1 Å². The van der Waals surface area contributed by atoms with Crippen molar-refractivity contribution in [2.75, 3.05) is 17.7 Å². The van der Waals surface area contributed by atoms with Crippen LogP contribution in [-0.2, 0) is 4.74 Å². The highest BCUT2D eigenvalue weighted by Gasteiger charge is 2.15. The average Bonchev–Trinajstić information content (AvgIpc) is 2.45. The molecule has 0 unspecified atom stereocenters. The van der Waals surface area contributed by atoms with Gasteiger partial charge in [-0.05, 0) is 43.7 Å². The van der Waals surface area contributed by atoms with Crippen LogP contribution in [0.15, 0.2) is 40.9 Å². The Morgan fingerprint density at radius 1 is 1.33 bits per heavy atom. The van der Waals surface area contributed by atoms with Gasteiger partial charge in [0, 0.05) is 10.2 Å². The van der Waals surface area contributed by atoms with Gasteiger partial charge < -0.3 is 15.8 Å². The molecule has 0 aliphatic heterocycles. The number of carbonyl (C=O) groups excluding carboxylic acids is 1. The molecule has 5 heteroatoms. The van der Waals surface area contributed by atoms with Crippen LogP contribution in [0.5, 0.6) is 0 Å². The maximum absolute atomic E-state index is 12.0. The first kappa shape index (κ1) is 15.4. The standard InChI is InChI=1S/C16H17BrN2O2/c1-3-21-16(20)12-5-4-6-14(18)15(12)19-11-8-7-10(2)13(17)9-11/h4-9,19H,3,18H2,1-2H3. The summed E-state index contributed by atoms with van der Waals surface area (Å²) < 4.78 is 6.05. The number of hydrogen-bond acceptors (Lipinski definition) is 4. The first-order valence-electron chi connectivity index (χ1n) is 6.61. The summed E-state index contributed by atoms with van der Waals surface area (Å²) in [6.45, 7) is 4.10. The van der Waals surface area contributed by atoms with E-state index in [1.807, 2.05) is 25.1 Å². The molecule has 0 aliphatic rings. The molecule has 0 spiro atoms. The van der Waals surface area contributed by atoms with E-state index in [0.717, 1.165) is 15.7 Å². The molecule has 3 N–H and O–H groups in total. The van der Waals surface area contributed by atoms with Gasteiger partial charge in [0.15, 0.2) is 0 Å². The van der Waals surface area contributed by atoms with Crippen LogP contribution in [-0.4, -0.2) is 12.6 Å². The summed E-state index contributed by atoms with van der Waals surface area (Å²) in [5, 5.41) is 3.19. The van der Waals surface area contributed by atoms with Gasteiger partial charge in [-0.3, -0.25) is 0 Å². The fourth-order valence-corrected chi connectivity index (χ4v) is 2.28. The third-order valence-corrected chi connectivity index (χ3v) is 3.89. The van der Waals surface area contributed by atoms with Crippen LogP contribution < -0.4 is 11.1 Å². The number of benzene rings is 2. The zero-order chi connectivity index (χ0) is 15.4. The molecule has 0 atom stereocenters. The summed E-state index contributed by atoms with van der Waals surface area (Å²) >= 11 is 3.49. The maximum atomic E-state index is 12.0. The van der Waals surface area contributed by atoms with Gasteiger partial charge in [0.25, 0.3) is 0 Å². The molecule has 2 rings (SSSR count). The highest BCUT2D eigenvalue weighted by molar-refractivity contribution is 9.10. The van der Waals surface area contributed by atoms with Crippen LogP contribution in [0, 0.1) is 6.92 Å². The Morgan fingerprint density at radius 3 is 2.76 bits per heavy atom. The molecule has 4 nitrogen and oxygen atoms in total. The van der Waals surface area contributed by atoms with Gasteiger partial charge in [0.1, 0.15) is 0 Å². The second kappa shape index (κ2) is 6.63. The summed E-state index contributed by atoms with van der Waals surface area (Å²) in [4.78, 5) is 12.0. The largest absolute Gasteiger partial charge is 0.462 e. The summed E-state index contributed by atoms with van der Waals surface area (Å²) in [5.74, 6) is -0.390. The quantitative estimate of drug-likeness (QED) is 0.639. The van der Waals surface area contributed by atoms with Gasteiger partial charge in [-0.25, -0.2) is 4.79 Å². The van der Waals surface area contributed by atoms with E-state index in [-0.39, 0.29) is 0 Å². The molecule has 0 heterocycles. The number of halogens is 1. The van der Waals surface area contributed by atoms with E-state index in [2.05, 4.69) is 21.2 Å². The molecule has 0 saturated heterocycles. The van der Waals surface area contributed by atoms with E-state index in [4.69, 9.17) is 10.5 Å². The van der Waals surface area contributed by atoms with Crippen LogP contribution in [0.2, 0.25) is 0 Å². The van der Waals surface area contributed by atoms with Gasteiger partial charge in [-0.2, -0.15) is 0 Å². The normalized spacial score (nSPS) is 10.2. The molecular formula is C16H17BrN2O2. The number of rotatable bonds is 4. The predicted octanol–water partition coefficient (Wildman–Crippen LogP) is 4.26. The van der Waals surface area contributed by atoms with Crippen LogP contribution in [0.25, 0.3) is 0 Å². The Bertz CT molecular complexity index is 671. The Hall–Kier alpha value is -2.01. The minimum Gasteiger partial charge on any atom is -0.462 e. The third kappa shape index (κ3) is 3.55. The number of anilines is 3. The molecule has 0 saturated carbocycles. The molecule has 0 aliphatic carbocycles. The monoisotopic (exact) mass is 348 g/mol. The smallest absolute Gasteiger partial charge is 0.340 e. The lowest BCUT2D eigenvalue weighted by Crippen LogP contribution is -2.09. The number of para-hydroxylation sites is 1. The molecule has 110 valence electrons.